The van der Waals surface area contributed by atoms with Crippen molar-refractivity contribution in [3.63, 3.8) is 0 Å². The lowest BCUT2D eigenvalue weighted by Gasteiger charge is -2.11. The number of rotatable bonds is 6. The van der Waals surface area contributed by atoms with Gasteiger partial charge < -0.3 is 15.5 Å². The van der Waals surface area contributed by atoms with Crippen molar-refractivity contribution in [2.45, 2.75) is 6.92 Å². The zero-order chi connectivity index (χ0) is 13.7. The van der Waals surface area contributed by atoms with Crippen LogP contribution in [0.2, 0.25) is 0 Å². The predicted octanol–water partition coefficient (Wildman–Crippen LogP) is 1.33. The fourth-order valence-electron chi connectivity index (χ4n) is 1.33. The summed E-state index contributed by atoms with van der Waals surface area (Å²) in [7, 11) is 0. The summed E-state index contributed by atoms with van der Waals surface area (Å²) in [6.07, 6.45) is 0. The first-order valence-electron chi connectivity index (χ1n) is 5.32. The van der Waals surface area contributed by atoms with Crippen LogP contribution in [0.5, 0.6) is 0 Å². The molecule has 0 saturated carbocycles. The summed E-state index contributed by atoms with van der Waals surface area (Å²) in [5.74, 6) is -1.34. The van der Waals surface area contributed by atoms with Crippen molar-refractivity contribution in [2.24, 2.45) is 5.92 Å². The molecule has 0 bridgehead atoms. The Balaban J connectivity index is 2.93. The summed E-state index contributed by atoms with van der Waals surface area (Å²) in [6, 6.07) is 3.80. The molecule has 1 rings (SSSR count). The van der Waals surface area contributed by atoms with E-state index in [4.69, 9.17) is 10.2 Å². The number of aliphatic hydroxyl groups is 1. The Bertz CT molecular complexity index is 461. The zero-order valence-electron chi connectivity index (χ0n) is 9.79. The van der Waals surface area contributed by atoms with E-state index < -0.39 is 16.6 Å². The van der Waals surface area contributed by atoms with E-state index in [-0.39, 0.29) is 18.1 Å². The minimum atomic E-state index is -1.35. The first kappa shape index (κ1) is 13.9. The molecule has 1 aromatic carbocycles. The van der Waals surface area contributed by atoms with E-state index in [1.54, 1.807) is 0 Å². The zero-order valence-corrected chi connectivity index (χ0v) is 9.79. The number of anilines is 1. The largest absolute Gasteiger partial charge is 0.477 e. The second kappa shape index (κ2) is 5.97. The van der Waals surface area contributed by atoms with Crippen molar-refractivity contribution in [3.05, 3.63) is 33.9 Å². The van der Waals surface area contributed by atoms with Crippen molar-refractivity contribution in [3.8, 4) is 0 Å². The lowest BCUT2D eigenvalue weighted by atomic mass is 10.1. The Labute approximate surface area is 103 Å². The van der Waals surface area contributed by atoms with Crippen LogP contribution in [0, 0.1) is 16.0 Å². The van der Waals surface area contributed by atoms with Gasteiger partial charge in [0, 0.05) is 24.9 Å². The van der Waals surface area contributed by atoms with Crippen molar-refractivity contribution in [2.75, 3.05) is 18.5 Å². The van der Waals surface area contributed by atoms with Gasteiger partial charge in [0.05, 0.1) is 4.92 Å². The lowest BCUT2D eigenvalue weighted by Crippen LogP contribution is -2.15. The van der Waals surface area contributed by atoms with Gasteiger partial charge in [-0.2, -0.15) is 0 Å². The molecule has 0 fully saturated rings. The van der Waals surface area contributed by atoms with Gasteiger partial charge in [0.2, 0.25) is 0 Å². The van der Waals surface area contributed by atoms with Crippen molar-refractivity contribution >= 4 is 17.3 Å². The Hall–Kier alpha value is -2.15. The summed E-state index contributed by atoms with van der Waals surface area (Å²) in [5, 5.41) is 31.3. The van der Waals surface area contributed by atoms with Crippen LogP contribution in [-0.4, -0.2) is 34.3 Å². The second-order valence-corrected chi connectivity index (χ2v) is 3.96. The molecule has 7 nitrogen and oxygen atoms in total. The number of carbonyl (C=O) groups is 1. The van der Waals surface area contributed by atoms with Crippen molar-refractivity contribution in [1.29, 1.82) is 0 Å². The molecule has 18 heavy (non-hydrogen) atoms. The number of carboxylic acid groups (broad SMARTS) is 1. The first-order chi connectivity index (χ1) is 8.45. The number of aliphatic hydroxyl groups excluding tert-OH is 1. The number of nitro benzene ring substituents is 1. The van der Waals surface area contributed by atoms with E-state index in [2.05, 4.69) is 5.32 Å². The van der Waals surface area contributed by atoms with E-state index >= 15 is 0 Å². The fourth-order valence-corrected chi connectivity index (χ4v) is 1.33. The summed E-state index contributed by atoms with van der Waals surface area (Å²) in [5.41, 5.74) is -0.330. The van der Waals surface area contributed by atoms with Gasteiger partial charge in [-0.05, 0) is 18.1 Å². The Morgan fingerprint density at radius 1 is 1.56 bits per heavy atom. The fraction of sp³-hybridized carbons (Fsp3) is 0.364. The maximum absolute atomic E-state index is 10.9. The number of nitro groups is 1. The minimum absolute atomic E-state index is 0.00572. The quantitative estimate of drug-likeness (QED) is 0.521. The van der Waals surface area contributed by atoms with Gasteiger partial charge in [-0.25, -0.2) is 4.79 Å². The van der Waals surface area contributed by atoms with Gasteiger partial charge in [-0.1, -0.05) is 6.92 Å². The standard InChI is InChI=1S/C11H14N2O5/c1-7(6-14)5-12-8-2-3-10(13(17)18)9(4-8)11(15)16/h2-4,7,12,14H,5-6H2,1H3,(H,15,16). The van der Waals surface area contributed by atoms with E-state index in [9.17, 15) is 14.9 Å². The average Bonchev–Trinajstić information content (AvgIpc) is 2.35. The molecular formula is C11H14N2O5. The smallest absolute Gasteiger partial charge is 0.342 e. The Morgan fingerprint density at radius 2 is 2.22 bits per heavy atom. The molecule has 0 aliphatic heterocycles. The summed E-state index contributed by atoms with van der Waals surface area (Å²) >= 11 is 0. The van der Waals surface area contributed by atoms with Crippen LogP contribution in [0.1, 0.15) is 17.3 Å². The molecule has 1 aromatic rings. The van der Waals surface area contributed by atoms with Gasteiger partial charge >= 0.3 is 5.97 Å². The van der Waals surface area contributed by atoms with Gasteiger partial charge in [0.25, 0.3) is 5.69 Å². The molecule has 0 aromatic heterocycles. The van der Waals surface area contributed by atoms with Crippen LogP contribution in [0.3, 0.4) is 0 Å². The van der Waals surface area contributed by atoms with E-state index in [1.807, 2.05) is 6.92 Å². The van der Waals surface area contributed by atoms with Crippen LogP contribution in [0.4, 0.5) is 11.4 Å². The van der Waals surface area contributed by atoms with Crippen molar-refractivity contribution in [1.82, 2.24) is 0 Å². The van der Waals surface area contributed by atoms with Crippen LogP contribution < -0.4 is 5.32 Å². The van der Waals surface area contributed by atoms with Crippen LogP contribution in [0.25, 0.3) is 0 Å². The summed E-state index contributed by atoms with van der Waals surface area (Å²) in [6.45, 7) is 2.27. The first-order valence-corrected chi connectivity index (χ1v) is 5.32. The number of nitrogens with zero attached hydrogens (tertiary/aromatic N) is 1. The lowest BCUT2D eigenvalue weighted by molar-refractivity contribution is -0.385. The number of benzene rings is 1. The molecular weight excluding hydrogens is 240 g/mol. The normalized spacial score (nSPS) is 11.9. The van der Waals surface area contributed by atoms with Crippen LogP contribution in [0.15, 0.2) is 18.2 Å². The molecule has 1 unspecified atom stereocenters. The predicted molar refractivity (Wildman–Crippen MR) is 64.8 cm³/mol. The third-order valence-electron chi connectivity index (χ3n) is 2.39. The highest BCUT2D eigenvalue weighted by Crippen LogP contribution is 2.22. The van der Waals surface area contributed by atoms with Gasteiger partial charge in [-0.15, -0.1) is 0 Å². The number of aromatic carboxylic acids is 1. The molecule has 0 amide bonds. The monoisotopic (exact) mass is 254 g/mol. The Morgan fingerprint density at radius 3 is 2.72 bits per heavy atom. The molecule has 1 atom stereocenters. The highest BCUT2D eigenvalue weighted by molar-refractivity contribution is 5.93. The van der Waals surface area contributed by atoms with Gasteiger partial charge in [-0.3, -0.25) is 10.1 Å². The van der Waals surface area contributed by atoms with E-state index in [0.29, 0.717) is 12.2 Å². The van der Waals surface area contributed by atoms with E-state index in [1.165, 1.54) is 12.1 Å². The summed E-state index contributed by atoms with van der Waals surface area (Å²) in [4.78, 5) is 20.8. The maximum Gasteiger partial charge on any atom is 0.342 e. The number of hydrogen-bond acceptors (Lipinski definition) is 5. The van der Waals surface area contributed by atoms with Gasteiger partial charge in [0.15, 0.2) is 0 Å². The number of nitrogens with one attached hydrogen (secondary N) is 1. The molecule has 7 heteroatoms. The molecule has 3 N–H and O–H groups in total. The van der Waals surface area contributed by atoms with Gasteiger partial charge in [0.1, 0.15) is 5.56 Å². The van der Waals surface area contributed by atoms with E-state index in [0.717, 1.165) is 6.07 Å². The van der Waals surface area contributed by atoms with Crippen LogP contribution in [-0.2, 0) is 0 Å². The second-order valence-electron chi connectivity index (χ2n) is 3.96. The maximum atomic E-state index is 10.9. The molecule has 0 heterocycles. The minimum Gasteiger partial charge on any atom is -0.477 e. The third-order valence-corrected chi connectivity index (χ3v) is 2.39. The average molecular weight is 254 g/mol. The molecule has 0 aliphatic rings. The highest BCUT2D eigenvalue weighted by Gasteiger charge is 2.19. The SMILES string of the molecule is CC(CO)CNc1ccc([N+](=O)[O-])c(C(=O)O)c1. The number of carboxylic acids is 1. The van der Waals surface area contributed by atoms with Crippen LogP contribution >= 0.6 is 0 Å². The molecule has 0 radical (unpaired) electrons. The Kier molecular flexibility index (Phi) is 4.61. The molecule has 98 valence electrons. The molecule has 0 saturated heterocycles. The highest BCUT2D eigenvalue weighted by atomic mass is 16.6. The summed E-state index contributed by atoms with van der Waals surface area (Å²) < 4.78 is 0. The third kappa shape index (κ3) is 3.42. The van der Waals surface area contributed by atoms with Crippen molar-refractivity contribution < 1.29 is 19.9 Å². The topological polar surface area (TPSA) is 113 Å². The molecule has 0 spiro atoms. The molecule has 0 aliphatic carbocycles. The number of hydrogen-bond donors (Lipinski definition) is 3.